The molecule has 2 bridgehead atoms. The number of rotatable bonds is 4. The first-order valence-electron chi connectivity index (χ1n) is 15.9. The van der Waals surface area contributed by atoms with Gasteiger partial charge in [-0.3, -0.25) is 4.90 Å². The molecule has 0 radical (unpaired) electrons. The zero-order valence-corrected chi connectivity index (χ0v) is 25.5. The van der Waals surface area contributed by atoms with Crippen molar-refractivity contribution in [1.82, 2.24) is 20.2 Å². The van der Waals surface area contributed by atoms with Crippen molar-refractivity contribution in [2.45, 2.75) is 61.9 Å². The number of benzene rings is 3. The Kier molecular flexibility index (Phi) is 6.15. The van der Waals surface area contributed by atoms with Gasteiger partial charge < -0.3 is 24.8 Å². The fraction of sp³-hybridized carbons (Fsp3) is 0.429. The second-order valence-corrected chi connectivity index (χ2v) is 13.7. The normalized spacial score (nSPS) is 28.5. The standard InChI is InChI=1S/C35H33ClFN5O3/c1-2-19-5-3-6-20-11-23(43)12-24(29(19)20)25-13-27-30-32(31(25)36)44-17-28-26-8-7-22(38-26)16-42(28)33(30)40-34(39-27)45-18-35-9-4-10-41(35)15-21(37)14-35/h1,3,5-6,11-13,21-22,26,28,38,43H,4,7-10,14-18H2/t21-,22-,26+,28-,35+/m1/s1. The number of hydrogen-bond donors (Lipinski definition) is 2. The van der Waals surface area contributed by atoms with Crippen molar-refractivity contribution in [3.8, 4) is 41.0 Å². The van der Waals surface area contributed by atoms with Gasteiger partial charge in [0, 0.05) is 48.1 Å². The summed E-state index contributed by atoms with van der Waals surface area (Å²) in [6.07, 6.45) is 9.66. The Morgan fingerprint density at radius 1 is 1.18 bits per heavy atom. The first-order chi connectivity index (χ1) is 21.9. The van der Waals surface area contributed by atoms with Gasteiger partial charge in [-0.1, -0.05) is 29.7 Å². The van der Waals surface area contributed by atoms with Crippen LogP contribution in [0.1, 0.15) is 37.7 Å². The Morgan fingerprint density at radius 2 is 2.09 bits per heavy atom. The fourth-order valence-corrected chi connectivity index (χ4v) is 9.01. The summed E-state index contributed by atoms with van der Waals surface area (Å²) in [5.41, 5.74) is 2.33. The third-order valence-corrected chi connectivity index (χ3v) is 11.1. The number of phenolic OH excluding ortho intramolecular Hbond substituents is 1. The SMILES string of the molecule is C#Cc1cccc2cc(O)cc(-c3cc4nc(OC[C@@]56CCCN5C[C@H](F)C6)nc5c4c(c3Cl)OC[C@@H]3[C@@H]4CC[C@H](CN53)N4)c12. The highest BCUT2D eigenvalue weighted by Gasteiger charge is 2.50. The highest BCUT2D eigenvalue weighted by molar-refractivity contribution is 6.37. The first-order valence-corrected chi connectivity index (χ1v) is 16.2. The van der Waals surface area contributed by atoms with Gasteiger partial charge in [0.25, 0.3) is 0 Å². The van der Waals surface area contributed by atoms with Gasteiger partial charge in [-0.15, -0.1) is 6.42 Å². The van der Waals surface area contributed by atoms with Crippen LogP contribution in [0.4, 0.5) is 10.2 Å². The number of ether oxygens (including phenoxy) is 2. The minimum absolute atomic E-state index is 0.0577. The van der Waals surface area contributed by atoms with Gasteiger partial charge in [0.15, 0.2) is 5.75 Å². The van der Waals surface area contributed by atoms with Crippen LogP contribution in [0.25, 0.3) is 32.8 Å². The number of halogens is 2. The lowest BCUT2D eigenvalue weighted by Crippen LogP contribution is -2.60. The number of nitrogens with zero attached hydrogens (tertiary/aromatic N) is 4. The molecule has 45 heavy (non-hydrogen) atoms. The van der Waals surface area contributed by atoms with Gasteiger partial charge in [0.1, 0.15) is 31.0 Å². The molecule has 5 aliphatic heterocycles. The minimum atomic E-state index is -0.845. The van der Waals surface area contributed by atoms with E-state index in [4.69, 9.17) is 37.5 Å². The van der Waals surface area contributed by atoms with Gasteiger partial charge in [0.05, 0.1) is 27.5 Å². The maximum Gasteiger partial charge on any atom is 0.319 e. The van der Waals surface area contributed by atoms with Crippen molar-refractivity contribution >= 4 is 39.1 Å². The van der Waals surface area contributed by atoms with Crippen LogP contribution in [0.5, 0.6) is 17.5 Å². The van der Waals surface area contributed by atoms with E-state index in [2.05, 4.69) is 21.0 Å². The molecule has 6 heterocycles. The van der Waals surface area contributed by atoms with Crippen LogP contribution in [-0.2, 0) is 0 Å². The summed E-state index contributed by atoms with van der Waals surface area (Å²) in [7, 11) is 0. The van der Waals surface area contributed by atoms with Crippen LogP contribution in [0.15, 0.2) is 36.4 Å². The molecule has 5 atom stereocenters. The van der Waals surface area contributed by atoms with E-state index in [-0.39, 0.29) is 29.4 Å². The van der Waals surface area contributed by atoms with Gasteiger partial charge in [0.2, 0.25) is 0 Å². The zero-order chi connectivity index (χ0) is 30.4. The summed E-state index contributed by atoms with van der Waals surface area (Å²) in [4.78, 5) is 14.6. The first kappa shape index (κ1) is 27.5. The summed E-state index contributed by atoms with van der Waals surface area (Å²) < 4.78 is 27.6. The highest BCUT2D eigenvalue weighted by Crippen LogP contribution is 2.49. The lowest BCUT2D eigenvalue weighted by molar-refractivity contribution is 0.107. The van der Waals surface area contributed by atoms with Gasteiger partial charge >= 0.3 is 6.01 Å². The smallest absolute Gasteiger partial charge is 0.319 e. The summed E-state index contributed by atoms with van der Waals surface area (Å²) in [6, 6.07) is 11.9. The Morgan fingerprint density at radius 3 is 2.98 bits per heavy atom. The van der Waals surface area contributed by atoms with E-state index in [1.807, 2.05) is 24.3 Å². The quantitative estimate of drug-likeness (QED) is 0.290. The monoisotopic (exact) mass is 625 g/mol. The molecule has 2 N–H and O–H groups in total. The lowest BCUT2D eigenvalue weighted by Gasteiger charge is -2.40. The number of hydrogen-bond acceptors (Lipinski definition) is 8. The van der Waals surface area contributed by atoms with E-state index in [1.165, 1.54) is 0 Å². The van der Waals surface area contributed by atoms with E-state index in [0.717, 1.165) is 60.7 Å². The van der Waals surface area contributed by atoms with Gasteiger partial charge in [-0.2, -0.15) is 9.97 Å². The van der Waals surface area contributed by atoms with Crippen molar-refractivity contribution in [2.75, 3.05) is 37.7 Å². The molecular formula is C35H33ClFN5O3. The largest absolute Gasteiger partial charge is 0.508 e. The molecule has 0 spiro atoms. The molecule has 230 valence electrons. The Hall–Kier alpha value is -3.84. The lowest BCUT2D eigenvalue weighted by atomic mass is 9.93. The minimum Gasteiger partial charge on any atom is -0.508 e. The topological polar surface area (TPSA) is 83.0 Å². The van der Waals surface area contributed by atoms with Crippen molar-refractivity contribution in [3.05, 3.63) is 47.0 Å². The highest BCUT2D eigenvalue weighted by atomic mass is 35.5. The maximum atomic E-state index is 14.5. The van der Waals surface area contributed by atoms with Crippen molar-refractivity contribution in [3.63, 3.8) is 0 Å². The molecular weight excluding hydrogens is 593 g/mol. The van der Waals surface area contributed by atoms with Crippen LogP contribution < -0.4 is 19.7 Å². The average molecular weight is 626 g/mol. The number of terminal acetylenes is 1. The number of phenols is 1. The summed E-state index contributed by atoms with van der Waals surface area (Å²) in [5, 5.41) is 17.3. The molecule has 10 heteroatoms. The predicted octanol–water partition coefficient (Wildman–Crippen LogP) is 5.45. The molecule has 8 nitrogen and oxygen atoms in total. The molecule has 0 aliphatic carbocycles. The van der Waals surface area contributed by atoms with E-state index in [1.54, 1.807) is 12.1 Å². The molecule has 5 aliphatic rings. The van der Waals surface area contributed by atoms with Crippen LogP contribution in [0.3, 0.4) is 0 Å². The van der Waals surface area contributed by atoms with Crippen LogP contribution in [0.2, 0.25) is 5.02 Å². The third-order valence-electron chi connectivity index (χ3n) is 10.7. The van der Waals surface area contributed by atoms with Gasteiger partial charge in [-0.05, 0) is 67.4 Å². The molecule has 4 aromatic rings. The number of anilines is 1. The molecule has 0 amide bonds. The van der Waals surface area contributed by atoms with E-state index >= 15 is 0 Å². The Balaban J connectivity index is 1.24. The molecule has 9 rings (SSSR count). The van der Waals surface area contributed by atoms with Crippen molar-refractivity contribution in [2.24, 2.45) is 0 Å². The molecule has 4 fully saturated rings. The Labute approximate surface area is 265 Å². The molecule has 3 aromatic carbocycles. The molecule has 0 saturated carbocycles. The van der Waals surface area contributed by atoms with E-state index in [0.29, 0.717) is 65.2 Å². The van der Waals surface area contributed by atoms with Crippen LogP contribution in [-0.4, -0.2) is 82.7 Å². The average Bonchev–Trinajstić information content (AvgIpc) is 3.66. The second-order valence-electron chi connectivity index (χ2n) is 13.3. The number of aromatic nitrogens is 2. The van der Waals surface area contributed by atoms with E-state index in [9.17, 15) is 9.50 Å². The number of nitrogens with one attached hydrogen (secondary N) is 1. The van der Waals surface area contributed by atoms with Crippen molar-refractivity contribution < 1.29 is 19.0 Å². The Bertz CT molecular complexity index is 1930. The number of fused-ring (bicyclic) bond motifs is 7. The van der Waals surface area contributed by atoms with Crippen LogP contribution in [0, 0.1) is 12.3 Å². The second kappa shape index (κ2) is 10.1. The number of piperazine rings is 1. The summed E-state index contributed by atoms with van der Waals surface area (Å²) in [5.74, 6) is 4.16. The zero-order valence-electron chi connectivity index (χ0n) is 24.7. The maximum absolute atomic E-state index is 14.5. The molecule has 4 saturated heterocycles. The van der Waals surface area contributed by atoms with Crippen molar-refractivity contribution in [1.29, 1.82) is 0 Å². The van der Waals surface area contributed by atoms with Gasteiger partial charge in [-0.25, -0.2) is 4.39 Å². The third kappa shape index (κ3) is 4.19. The molecule has 0 unspecified atom stereocenters. The predicted molar refractivity (Wildman–Crippen MR) is 172 cm³/mol. The number of aromatic hydroxyl groups is 1. The summed E-state index contributed by atoms with van der Waals surface area (Å²) in [6.45, 7) is 2.90. The van der Waals surface area contributed by atoms with Crippen LogP contribution >= 0.6 is 11.6 Å². The van der Waals surface area contributed by atoms with E-state index < -0.39 is 6.17 Å². The number of alkyl halides is 1. The fourth-order valence-electron chi connectivity index (χ4n) is 8.70. The molecule has 1 aromatic heterocycles. The summed E-state index contributed by atoms with van der Waals surface area (Å²) >= 11 is 7.27.